The molecule has 102 valence electrons. The predicted octanol–water partition coefficient (Wildman–Crippen LogP) is 4.30. The Morgan fingerprint density at radius 1 is 1.37 bits per heavy atom. The summed E-state index contributed by atoms with van der Waals surface area (Å²) in [5.41, 5.74) is 0.0274. The van der Waals surface area contributed by atoms with Crippen molar-refractivity contribution in [1.82, 2.24) is 4.98 Å². The normalized spacial score (nSPS) is 12.9. The summed E-state index contributed by atoms with van der Waals surface area (Å²) in [4.78, 5) is 3.87. The standard InChI is InChI=1S/C11H6BrClF3NO2/c12-7-5(13)3-4-6(18)1-2-17-8(4)9(7)19-11(16)10(14)15/h1-3,10-11H,(H,17,18). The van der Waals surface area contributed by atoms with Gasteiger partial charge in [-0.3, -0.25) is 4.98 Å². The molecule has 19 heavy (non-hydrogen) atoms. The summed E-state index contributed by atoms with van der Waals surface area (Å²) in [6, 6.07) is 2.65. The molecule has 2 rings (SSSR count). The van der Waals surface area contributed by atoms with E-state index < -0.39 is 12.8 Å². The van der Waals surface area contributed by atoms with Gasteiger partial charge in [-0.05, 0) is 28.1 Å². The fraction of sp³-hybridized carbons (Fsp3) is 0.182. The number of aromatic nitrogens is 1. The fourth-order valence-electron chi connectivity index (χ4n) is 1.46. The first-order chi connectivity index (χ1) is 8.91. The highest BCUT2D eigenvalue weighted by atomic mass is 79.9. The Morgan fingerprint density at radius 2 is 2.05 bits per heavy atom. The molecule has 2 aromatic rings. The van der Waals surface area contributed by atoms with E-state index in [1.165, 1.54) is 18.3 Å². The van der Waals surface area contributed by atoms with E-state index >= 15 is 0 Å². The second-order valence-corrected chi connectivity index (χ2v) is 4.73. The number of halogens is 5. The molecule has 0 aliphatic rings. The molecule has 1 heterocycles. The fourth-order valence-corrected chi connectivity index (χ4v) is 2.05. The second kappa shape index (κ2) is 5.42. The van der Waals surface area contributed by atoms with Gasteiger partial charge in [-0.25, -0.2) is 8.78 Å². The highest BCUT2D eigenvalue weighted by Crippen LogP contribution is 2.41. The zero-order valence-corrected chi connectivity index (χ0v) is 11.4. The predicted molar refractivity (Wildman–Crippen MR) is 67.6 cm³/mol. The Bertz CT molecular complexity index is 626. The molecule has 0 saturated heterocycles. The van der Waals surface area contributed by atoms with E-state index in [1.54, 1.807) is 0 Å². The van der Waals surface area contributed by atoms with Gasteiger partial charge >= 0.3 is 6.43 Å². The summed E-state index contributed by atoms with van der Waals surface area (Å²) in [5, 5.41) is 9.89. The molecular formula is C11H6BrClF3NO2. The number of alkyl halides is 3. The van der Waals surface area contributed by atoms with Gasteiger partial charge in [0.15, 0.2) is 5.75 Å². The number of fused-ring (bicyclic) bond motifs is 1. The monoisotopic (exact) mass is 355 g/mol. The van der Waals surface area contributed by atoms with E-state index in [9.17, 15) is 18.3 Å². The molecule has 8 heteroatoms. The Balaban J connectivity index is 2.64. The van der Waals surface area contributed by atoms with Gasteiger partial charge < -0.3 is 9.84 Å². The third-order valence-corrected chi connectivity index (χ3v) is 3.60. The molecule has 0 saturated carbocycles. The van der Waals surface area contributed by atoms with E-state index in [-0.39, 0.29) is 31.9 Å². The minimum Gasteiger partial charge on any atom is -0.507 e. The first kappa shape index (κ1) is 14.2. The Kier molecular flexibility index (Phi) is 4.05. The smallest absolute Gasteiger partial charge is 0.304 e. The van der Waals surface area contributed by atoms with E-state index in [1.807, 2.05) is 0 Å². The van der Waals surface area contributed by atoms with Gasteiger partial charge in [-0.2, -0.15) is 4.39 Å². The highest BCUT2D eigenvalue weighted by molar-refractivity contribution is 9.10. The molecule has 1 N–H and O–H groups in total. The van der Waals surface area contributed by atoms with Crippen molar-refractivity contribution in [2.45, 2.75) is 12.8 Å². The minimum atomic E-state index is -3.31. The van der Waals surface area contributed by atoms with E-state index in [0.717, 1.165) is 0 Å². The summed E-state index contributed by atoms with van der Waals surface area (Å²) in [6.45, 7) is 0. The van der Waals surface area contributed by atoms with Crippen molar-refractivity contribution in [2.24, 2.45) is 0 Å². The Morgan fingerprint density at radius 3 is 2.68 bits per heavy atom. The van der Waals surface area contributed by atoms with Crippen LogP contribution in [0.4, 0.5) is 13.2 Å². The zero-order chi connectivity index (χ0) is 14.2. The average molecular weight is 357 g/mol. The van der Waals surface area contributed by atoms with Gasteiger partial charge in [-0.1, -0.05) is 11.6 Å². The van der Waals surface area contributed by atoms with Crippen LogP contribution in [0.25, 0.3) is 10.9 Å². The molecule has 1 atom stereocenters. The maximum absolute atomic E-state index is 13.0. The molecule has 0 bridgehead atoms. The molecular weight excluding hydrogens is 350 g/mol. The molecule has 1 unspecified atom stereocenters. The Hall–Kier alpha value is -1.21. The first-order valence-electron chi connectivity index (χ1n) is 4.96. The van der Waals surface area contributed by atoms with Crippen LogP contribution in [0.2, 0.25) is 5.02 Å². The first-order valence-corrected chi connectivity index (χ1v) is 6.13. The van der Waals surface area contributed by atoms with Crippen LogP contribution in [0.3, 0.4) is 0 Å². The van der Waals surface area contributed by atoms with Gasteiger partial charge in [0, 0.05) is 11.6 Å². The van der Waals surface area contributed by atoms with Crippen molar-refractivity contribution >= 4 is 38.4 Å². The van der Waals surface area contributed by atoms with Crippen LogP contribution in [-0.2, 0) is 0 Å². The van der Waals surface area contributed by atoms with Crippen molar-refractivity contribution in [1.29, 1.82) is 0 Å². The van der Waals surface area contributed by atoms with Gasteiger partial charge in [0.05, 0.1) is 9.50 Å². The largest absolute Gasteiger partial charge is 0.507 e. The highest BCUT2D eigenvalue weighted by Gasteiger charge is 2.25. The number of rotatable bonds is 3. The molecule has 3 nitrogen and oxygen atoms in total. The van der Waals surface area contributed by atoms with E-state index in [0.29, 0.717) is 0 Å². The number of pyridine rings is 1. The van der Waals surface area contributed by atoms with Gasteiger partial charge in [0.1, 0.15) is 11.3 Å². The van der Waals surface area contributed by atoms with Crippen LogP contribution in [0, 0.1) is 0 Å². The summed E-state index contributed by atoms with van der Waals surface area (Å²) in [5.74, 6) is -0.456. The van der Waals surface area contributed by atoms with Crippen LogP contribution >= 0.6 is 27.5 Å². The van der Waals surface area contributed by atoms with Crippen molar-refractivity contribution in [3.05, 3.63) is 27.8 Å². The zero-order valence-electron chi connectivity index (χ0n) is 9.08. The van der Waals surface area contributed by atoms with Gasteiger partial charge in [0.2, 0.25) is 0 Å². The van der Waals surface area contributed by atoms with E-state index in [4.69, 9.17) is 11.6 Å². The lowest BCUT2D eigenvalue weighted by Gasteiger charge is -2.15. The minimum absolute atomic E-state index is 0.0274. The number of hydrogen-bond donors (Lipinski definition) is 1. The SMILES string of the molecule is Oc1ccnc2c(OC(F)C(F)F)c(Br)c(Cl)cc12. The van der Waals surface area contributed by atoms with Crippen molar-refractivity contribution in [3.63, 3.8) is 0 Å². The maximum Gasteiger partial charge on any atom is 0.304 e. The van der Waals surface area contributed by atoms with Crippen molar-refractivity contribution < 1.29 is 23.0 Å². The number of aromatic hydroxyl groups is 1. The number of ether oxygens (including phenoxy) is 1. The van der Waals surface area contributed by atoms with E-state index in [2.05, 4.69) is 25.7 Å². The quantitative estimate of drug-likeness (QED) is 0.892. The van der Waals surface area contributed by atoms with Crippen LogP contribution in [0.1, 0.15) is 0 Å². The Labute approximate surface area is 119 Å². The average Bonchev–Trinajstić information content (AvgIpc) is 2.36. The lowest BCUT2D eigenvalue weighted by Crippen LogP contribution is -2.20. The van der Waals surface area contributed by atoms with Gasteiger partial charge in [-0.15, -0.1) is 0 Å². The molecule has 0 aliphatic carbocycles. The molecule has 0 radical (unpaired) electrons. The lowest BCUT2D eigenvalue weighted by molar-refractivity contribution is -0.0665. The molecule has 1 aromatic carbocycles. The summed E-state index contributed by atoms with van der Waals surface area (Å²) in [7, 11) is 0. The summed E-state index contributed by atoms with van der Waals surface area (Å²) >= 11 is 8.87. The van der Waals surface area contributed by atoms with Crippen molar-refractivity contribution in [3.8, 4) is 11.5 Å². The molecule has 0 amide bonds. The maximum atomic E-state index is 13.0. The topological polar surface area (TPSA) is 42.4 Å². The number of benzene rings is 1. The summed E-state index contributed by atoms with van der Waals surface area (Å²) in [6.07, 6.45) is -4.89. The number of hydrogen-bond acceptors (Lipinski definition) is 3. The van der Waals surface area contributed by atoms with Crippen LogP contribution in [0.15, 0.2) is 22.8 Å². The van der Waals surface area contributed by atoms with Crippen LogP contribution in [0.5, 0.6) is 11.5 Å². The van der Waals surface area contributed by atoms with Crippen molar-refractivity contribution in [2.75, 3.05) is 0 Å². The molecule has 0 spiro atoms. The van der Waals surface area contributed by atoms with Gasteiger partial charge in [0.25, 0.3) is 6.36 Å². The third-order valence-electron chi connectivity index (χ3n) is 2.29. The lowest BCUT2D eigenvalue weighted by atomic mass is 10.2. The second-order valence-electron chi connectivity index (χ2n) is 3.53. The third kappa shape index (κ3) is 2.71. The van der Waals surface area contributed by atoms with Crippen LogP contribution in [-0.4, -0.2) is 22.9 Å². The summed E-state index contributed by atoms with van der Waals surface area (Å²) < 4.78 is 42.1. The molecule has 0 aliphatic heterocycles. The number of nitrogens with zero attached hydrogens (tertiary/aromatic N) is 1. The van der Waals surface area contributed by atoms with Crippen LogP contribution < -0.4 is 4.74 Å². The molecule has 0 fully saturated rings. The molecule has 1 aromatic heterocycles.